The molecule has 2 nitrogen and oxygen atoms in total. The van der Waals surface area contributed by atoms with Crippen LogP contribution < -0.4 is 0 Å². The summed E-state index contributed by atoms with van der Waals surface area (Å²) in [4.78, 5) is 0. The topological polar surface area (TPSA) is 26.3 Å². The molecule has 0 amide bonds. The van der Waals surface area contributed by atoms with E-state index in [9.17, 15) is 0 Å². The molecule has 0 fully saturated rings. The first-order valence-corrected chi connectivity index (χ1v) is 27.9. The maximum absolute atomic E-state index is 7.02. The van der Waals surface area contributed by atoms with E-state index >= 15 is 0 Å². The van der Waals surface area contributed by atoms with Crippen molar-refractivity contribution >= 4 is 43.9 Å². The van der Waals surface area contributed by atoms with Crippen molar-refractivity contribution < 1.29 is 8.83 Å². The largest absolute Gasteiger partial charge is 0.455 e. The number of rotatable bonds is 8. The van der Waals surface area contributed by atoms with E-state index in [0.717, 1.165) is 41.6 Å². The standard InChI is InChI=1S/C75H62O2/c1-43-29-34-51(44(2)37-43)57-42-61-64(66-55-24-13-16-27-62(55)76-71(57)66)53-35-31-45(40-59(53)73(61,3)4)30-32-49(39-46-19-18-22-48(38-46)47-20-10-9-11-21-47)50-33-36-54-60(41-50)75(7,8)69-65(54)67-56-25-14-17-28-63(56)77-72(67)68-52-23-12-15-26-58(52)74(5,6)70(68)69/h9-29,31,33-38,40-42,49H,30,32,39H2,1-8H3. The van der Waals surface area contributed by atoms with Crippen LogP contribution in [0.4, 0.5) is 0 Å². The molecule has 0 bridgehead atoms. The van der Waals surface area contributed by atoms with Gasteiger partial charge in [0.2, 0.25) is 0 Å². The summed E-state index contributed by atoms with van der Waals surface area (Å²) in [5.41, 5.74) is 31.1. The summed E-state index contributed by atoms with van der Waals surface area (Å²) in [5.74, 6) is 0.266. The zero-order valence-electron chi connectivity index (χ0n) is 45.4. The average molecular weight is 995 g/mol. The van der Waals surface area contributed by atoms with Gasteiger partial charge in [0.1, 0.15) is 22.3 Å². The van der Waals surface area contributed by atoms with Crippen LogP contribution in [0, 0.1) is 13.8 Å². The van der Waals surface area contributed by atoms with Gasteiger partial charge < -0.3 is 8.83 Å². The molecule has 12 aromatic rings. The molecular weight excluding hydrogens is 933 g/mol. The summed E-state index contributed by atoms with van der Waals surface area (Å²) in [6.45, 7) is 19.1. The highest BCUT2D eigenvalue weighted by Crippen LogP contribution is 2.63. The van der Waals surface area contributed by atoms with Crippen LogP contribution in [0.1, 0.15) is 115 Å². The zero-order chi connectivity index (χ0) is 52.3. The number of hydrogen-bond acceptors (Lipinski definition) is 2. The summed E-state index contributed by atoms with van der Waals surface area (Å²) in [5, 5.41) is 4.85. The minimum atomic E-state index is -0.265. The molecule has 77 heavy (non-hydrogen) atoms. The molecule has 0 N–H and O–H groups in total. The maximum atomic E-state index is 7.02. The second-order valence-corrected chi connectivity index (χ2v) is 24.4. The summed E-state index contributed by atoms with van der Waals surface area (Å²) in [6.07, 6.45) is 2.91. The van der Waals surface area contributed by atoms with Gasteiger partial charge >= 0.3 is 0 Å². The Hall–Kier alpha value is -8.20. The summed E-state index contributed by atoms with van der Waals surface area (Å²) in [6, 6.07) is 70.7. The Morgan fingerprint density at radius 1 is 0.403 bits per heavy atom. The van der Waals surface area contributed by atoms with Gasteiger partial charge in [-0.05, 0) is 157 Å². The van der Waals surface area contributed by atoms with E-state index in [0.29, 0.717) is 0 Å². The third-order valence-corrected chi connectivity index (χ3v) is 18.7. The van der Waals surface area contributed by atoms with Crippen LogP contribution in [0.5, 0.6) is 0 Å². The smallest absolute Gasteiger partial charge is 0.144 e. The van der Waals surface area contributed by atoms with Crippen LogP contribution in [0.2, 0.25) is 0 Å². The van der Waals surface area contributed by atoms with Crippen molar-refractivity contribution in [3.8, 4) is 55.6 Å². The van der Waals surface area contributed by atoms with Crippen LogP contribution >= 0.6 is 0 Å². The van der Waals surface area contributed by atoms with Crippen LogP contribution in [-0.2, 0) is 29.1 Å². The second kappa shape index (κ2) is 16.4. The van der Waals surface area contributed by atoms with Gasteiger partial charge in [-0.1, -0.05) is 217 Å². The summed E-state index contributed by atoms with van der Waals surface area (Å²) >= 11 is 0. The van der Waals surface area contributed by atoms with Crippen molar-refractivity contribution in [3.63, 3.8) is 0 Å². The quantitative estimate of drug-likeness (QED) is 0.152. The SMILES string of the molecule is Cc1ccc(-c2cc3c(c4c2oc2ccccc24)-c2ccc(CCC(Cc4cccc(-c5ccccc5)c4)c4ccc5c(c4)C(C)(C)c4c6c(c7oc8ccccc8c7c4-5)-c4ccccc4C6(C)C)cc2C3(C)C)c(C)c1. The van der Waals surface area contributed by atoms with Crippen LogP contribution in [0.15, 0.2) is 197 Å². The van der Waals surface area contributed by atoms with Gasteiger partial charge in [0, 0.05) is 48.9 Å². The van der Waals surface area contributed by atoms with Gasteiger partial charge in [0.15, 0.2) is 0 Å². The first kappa shape index (κ1) is 46.1. The van der Waals surface area contributed by atoms with Crippen molar-refractivity contribution in [3.05, 3.63) is 249 Å². The number of fused-ring (bicyclic) bond motifs is 19. The zero-order valence-corrected chi connectivity index (χ0v) is 45.4. The van der Waals surface area contributed by atoms with E-state index in [4.69, 9.17) is 8.83 Å². The summed E-state index contributed by atoms with van der Waals surface area (Å²) in [7, 11) is 0. The van der Waals surface area contributed by atoms with Crippen molar-refractivity contribution in [2.75, 3.05) is 0 Å². The Balaban J connectivity index is 0.854. The van der Waals surface area contributed by atoms with Gasteiger partial charge in [0.05, 0.1) is 0 Å². The fourth-order valence-electron chi connectivity index (χ4n) is 14.9. The molecule has 10 aromatic carbocycles. The van der Waals surface area contributed by atoms with Gasteiger partial charge in [-0.15, -0.1) is 0 Å². The van der Waals surface area contributed by atoms with Gasteiger partial charge in [0.25, 0.3) is 0 Å². The predicted octanol–water partition coefficient (Wildman–Crippen LogP) is 20.3. The molecule has 2 heterocycles. The number of benzene rings is 10. The Morgan fingerprint density at radius 2 is 1.01 bits per heavy atom. The minimum absolute atomic E-state index is 0.204. The molecule has 15 rings (SSSR count). The highest BCUT2D eigenvalue weighted by atomic mass is 16.3. The van der Waals surface area contributed by atoms with Crippen LogP contribution in [0.3, 0.4) is 0 Å². The van der Waals surface area contributed by atoms with Crippen molar-refractivity contribution in [1.29, 1.82) is 0 Å². The highest BCUT2D eigenvalue weighted by molar-refractivity contribution is 6.21. The number of para-hydroxylation sites is 2. The van der Waals surface area contributed by atoms with Crippen molar-refractivity contribution in [2.24, 2.45) is 0 Å². The van der Waals surface area contributed by atoms with Gasteiger partial charge in [-0.2, -0.15) is 0 Å². The van der Waals surface area contributed by atoms with Crippen LogP contribution in [-0.4, -0.2) is 0 Å². The van der Waals surface area contributed by atoms with Gasteiger partial charge in [-0.25, -0.2) is 0 Å². The van der Waals surface area contributed by atoms with E-state index in [1.54, 1.807) is 0 Å². The predicted molar refractivity (Wildman–Crippen MR) is 322 cm³/mol. The van der Waals surface area contributed by atoms with E-state index < -0.39 is 0 Å². The molecule has 0 spiro atoms. The summed E-state index contributed by atoms with van der Waals surface area (Å²) < 4.78 is 13.9. The Labute approximate surface area is 452 Å². The van der Waals surface area contributed by atoms with E-state index in [2.05, 4.69) is 243 Å². The van der Waals surface area contributed by atoms with Gasteiger partial charge in [-0.3, -0.25) is 0 Å². The molecule has 0 radical (unpaired) electrons. The number of furan rings is 2. The Bertz CT molecular complexity index is 4470. The molecule has 2 heteroatoms. The third-order valence-electron chi connectivity index (χ3n) is 18.7. The average Bonchev–Trinajstić information content (AvgIpc) is 3.84. The van der Waals surface area contributed by atoms with E-state index in [1.807, 2.05) is 0 Å². The van der Waals surface area contributed by atoms with E-state index in [1.165, 1.54) is 138 Å². The molecule has 3 aliphatic rings. The lowest BCUT2D eigenvalue weighted by Gasteiger charge is -2.31. The third kappa shape index (κ3) is 6.61. The van der Waals surface area contributed by atoms with Crippen LogP contribution in [0.25, 0.3) is 99.5 Å². The minimum Gasteiger partial charge on any atom is -0.455 e. The highest BCUT2D eigenvalue weighted by Gasteiger charge is 2.49. The lowest BCUT2D eigenvalue weighted by Crippen LogP contribution is -2.24. The number of hydrogen-bond donors (Lipinski definition) is 0. The van der Waals surface area contributed by atoms with Crippen molar-refractivity contribution in [1.82, 2.24) is 0 Å². The lowest BCUT2D eigenvalue weighted by molar-refractivity contribution is 0.594. The Morgan fingerprint density at radius 3 is 1.79 bits per heavy atom. The molecule has 1 unspecified atom stereocenters. The number of aryl methyl sites for hydroxylation is 3. The Kier molecular flexibility index (Phi) is 9.83. The molecular formula is C75H62O2. The first-order chi connectivity index (χ1) is 37.3. The molecule has 1 atom stereocenters. The fourth-order valence-corrected chi connectivity index (χ4v) is 14.9. The molecule has 0 saturated heterocycles. The molecule has 374 valence electrons. The molecule has 0 aliphatic heterocycles. The normalized spacial score (nSPS) is 15.4. The van der Waals surface area contributed by atoms with E-state index in [-0.39, 0.29) is 22.2 Å². The first-order valence-electron chi connectivity index (χ1n) is 27.9. The molecule has 2 aromatic heterocycles. The van der Waals surface area contributed by atoms with Crippen molar-refractivity contribution in [2.45, 2.75) is 96.8 Å². The maximum Gasteiger partial charge on any atom is 0.144 e. The molecule has 0 saturated carbocycles. The second-order valence-electron chi connectivity index (χ2n) is 24.4. The lowest BCUT2D eigenvalue weighted by atomic mass is 9.71. The fraction of sp³-hybridized carbons (Fsp3) is 0.200. The molecule has 3 aliphatic carbocycles. The monoisotopic (exact) mass is 994 g/mol.